The third kappa shape index (κ3) is 3.89. The number of aromatic nitrogens is 3. The predicted molar refractivity (Wildman–Crippen MR) is 118 cm³/mol. The molecule has 1 amide bonds. The fourth-order valence-electron chi connectivity index (χ4n) is 3.66. The summed E-state index contributed by atoms with van der Waals surface area (Å²) < 4.78 is 7.32. The number of amides is 1. The smallest absolute Gasteiger partial charge is 0.224 e. The van der Waals surface area contributed by atoms with Gasteiger partial charge in [0.25, 0.3) is 0 Å². The third-order valence-corrected chi connectivity index (χ3v) is 5.21. The van der Waals surface area contributed by atoms with Gasteiger partial charge in [0.1, 0.15) is 5.75 Å². The van der Waals surface area contributed by atoms with Gasteiger partial charge in [-0.3, -0.25) is 4.79 Å². The van der Waals surface area contributed by atoms with Gasteiger partial charge in [-0.25, -0.2) is 9.50 Å². The van der Waals surface area contributed by atoms with Crippen molar-refractivity contribution in [3.8, 4) is 17.0 Å². The van der Waals surface area contributed by atoms with Gasteiger partial charge in [-0.1, -0.05) is 30.3 Å². The minimum atomic E-state index is -0.0183. The molecular weight excluding hydrogens is 376 g/mol. The van der Waals surface area contributed by atoms with Crippen molar-refractivity contribution >= 4 is 17.2 Å². The Kier molecular flexibility index (Phi) is 5.48. The van der Waals surface area contributed by atoms with Crippen LogP contribution in [-0.4, -0.2) is 27.6 Å². The first kappa shape index (κ1) is 19.6. The summed E-state index contributed by atoms with van der Waals surface area (Å²) in [5.74, 6) is 0.753. The Balaban J connectivity index is 1.59. The monoisotopic (exact) mass is 400 g/mol. The number of nitrogens with zero attached hydrogens (tertiary/aromatic N) is 3. The molecule has 0 bridgehead atoms. The van der Waals surface area contributed by atoms with Gasteiger partial charge in [0.15, 0.2) is 5.65 Å². The quantitative estimate of drug-likeness (QED) is 0.514. The molecule has 0 fully saturated rings. The number of rotatable bonds is 6. The Bertz CT molecular complexity index is 1200. The van der Waals surface area contributed by atoms with Crippen LogP contribution in [0.25, 0.3) is 16.9 Å². The molecule has 4 rings (SSSR count). The maximum atomic E-state index is 12.4. The largest absolute Gasteiger partial charge is 0.496 e. The highest BCUT2D eigenvalue weighted by atomic mass is 16.5. The Morgan fingerprint density at radius 2 is 1.80 bits per heavy atom. The first-order chi connectivity index (χ1) is 14.6. The van der Waals surface area contributed by atoms with Crippen LogP contribution in [-0.2, 0) is 11.2 Å². The first-order valence-electron chi connectivity index (χ1n) is 9.91. The number of hydrogen-bond donors (Lipinski definition) is 1. The van der Waals surface area contributed by atoms with Crippen LogP contribution < -0.4 is 10.1 Å². The zero-order valence-corrected chi connectivity index (χ0v) is 17.3. The van der Waals surface area contributed by atoms with Crippen LogP contribution in [0.5, 0.6) is 5.75 Å². The number of methoxy groups -OCH3 is 1. The van der Waals surface area contributed by atoms with E-state index in [4.69, 9.17) is 14.8 Å². The highest BCUT2D eigenvalue weighted by molar-refractivity contribution is 5.90. The van der Waals surface area contributed by atoms with Gasteiger partial charge >= 0.3 is 0 Å². The Morgan fingerprint density at radius 1 is 1.07 bits per heavy atom. The number of benzene rings is 2. The molecule has 0 saturated carbocycles. The van der Waals surface area contributed by atoms with Crippen LogP contribution in [0.1, 0.15) is 23.4 Å². The van der Waals surface area contributed by atoms with E-state index in [2.05, 4.69) is 5.32 Å². The summed E-state index contributed by atoms with van der Waals surface area (Å²) in [7, 11) is 1.65. The van der Waals surface area contributed by atoms with Gasteiger partial charge in [0, 0.05) is 35.1 Å². The molecule has 0 aliphatic carbocycles. The van der Waals surface area contributed by atoms with E-state index >= 15 is 0 Å². The third-order valence-electron chi connectivity index (χ3n) is 5.21. The van der Waals surface area contributed by atoms with E-state index in [1.165, 1.54) is 0 Å². The van der Waals surface area contributed by atoms with E-state index < -0.39 is 0 Å². The van der Waals surface area contributed by atoms with Gasteiger partial charge in [-0.05, 0) is 50.1 Å². The fourth-order valence-corrected chi connectivity index (χ4v) is 3.66. The van der Waals surface area contributed by atoms with Gasteiger partial charge in [0.2, 0.25) is 5.91 Å². The van der Waals surface area contributed by atoms with Crippen LogP contribution in [0, 0.1) is 13.8 Å². The van der Waals surface area contributed by atoms with Crippen molar-refractivity contribution in [3.05, 3.63) is 77.6 Å². The molecule has 1 N–H and O–H groups in total. The normalized spacial score (nSPS) is 10.9. The van der Waals surface area contributed by atoms with Crippen molar-refractivity contribution in [1.82, 2.24) is 14.6 Å². The first-order valence-corrected chi connectivity index (χ1v) is 9.91. The Morgan fingerprint density at radius 3 is 2.57 bits per heavy atom. The predicted octanol–water partition coefficient (Wildman–Crippen LogP) is 4.59. The zero-order valence-electron chi connectivity index (χ0n) is 17.3. The van der Waals surface area contributed by atoms with E-state index in [0.29, 0.717) is 12.8 Å². The van der Waals surface area contributed by atoms with Crippen LogP contribution in [0.15, 0.2) is 60.7 Å². The van der Waals surface area contributed by atoms with E-state index in [-0.39, 0.29) is 5.91 Å². The second-order valence-corrected chi connectivity index (χ2v) is 7.18. The highest BCUT2D eigenvalue weighted by Crippen LogP contribution is 2.30. The van der Waals surface area contributed by atoms with Crippen molar-refractivity contribution in [2.24, 2.45) is 0 Å². The minimum absolute atomic E-state index is 0.0183. The lowest BCUT2D eigenvalue weighted by atomic mass is 10.1. The number of para-hydroxylation sites is 2. The van der Waals surface area contributed by atoms with Crippen molar-refractivity contribution in [2.75, 3.05) is 12.4 Å². The van der Waals surface area contributed by atoms with Gasteiger partial charge in [0.05, 0.1) is 12.8 Å². The Labute approximate surface area is 175 Å². The second-order valence-electron chi connectivity index (χ2n) is 7.18. The summed E-state index contributed by atoms with van der Waals surface area (Å²) in [4.78, 5) is 17.1. The van der Waals surface area contributed by atoms with Crippen molar-refractivity contribution in [1.29, 1.82) is 0 Å². The number of fused-ring (bicyclic) bond motifs is 1. The SMILES string of the molecule is COc1ccccc1-c1cc2nc(C)c(CCC(=O)Nc3ccccc3)c(C)n2n1. The molecule has 2 aromatic heterocycles. The average Bonchev–Trinajstić information content (AvgIpc) is 3.18. The molecule has 0 unspecified atom stereocenters. The number of anilines is 1. The molecule has 0 radical (unpaired) electrons. The number of aryl methyl sites for hydroxylation is 2. The molecule has 6 nitrogen and oxygen atoms in total. The summed E-state index contributed by atoms with van der Waals surface area (Å²) >= 11 is 0. The standard InChI is InChI=1S/C24H24N4O2/c1-16-19(13-14-24(29)26-18-9-5-4-6-10-18)17(2)28-23(25-16)15-21(27-28)20-11-7-8-12-22(20)30-3/h4-12,15H,13-14H2,1-3H3,(H,26,29). The maximum Gasteiger partial charge on any atom is 0.224 e. The van der Waals surface area contributed by atoms with Crippen LogP contribution in [0.4, 0.5) is 5.69 Å². The average molecular weight is 400 g/mol. The van der Waals surface area contributed by atoms with Crippen LogP contribution in [0.3, 0.4) is 0 Å². The van der Waals surface area contributed by atoms with Crippen LogP contribution >= 0.6 is 0 Å². The topological polar surface area (TPSA) is 68.5 Å². The summed E-state index contributed by atoms with van der Waals surface area (Å²) in [6, 6.07) is 19.2. The summed E-state index contributed by atoms with van der Waals surface area (Å²) in [5, 5.41) is 7.69. The van der Waals surface area contributed by atoms with Gasteiger partial charge in [-0.15, -0.1) is 0 Å². The molecule has 0 aliphatic heterocycles. The molecular formula is C24H24N4O2. The number of nitrogens with one attached hydrogen (secondary N) is 1. The van der Waals surface area contributed by atoms with Crippen molar-refractivity contribution in [3.63, 3.8) is 0 Å². The molecule has 0 aliphatic rings. The molecule has 2 aromatic carbocycles. The van der Waals surface area contributed by atoms with E-state index in [9.17, 15) is 4.79 Å². The minimum Gasteiger partial charge on any atom is -0.496 e. The van der Waals surface area contributed by atoms with Gasteiger partial charge in [-0.2, -0.15) is 5.10 Å². The van der Waals surface area contributed by atoms with Gasteiger partial charge < -0.3 is 10.1 Å². The number of carbonyl (C=O) groups is 1. The number of carbonyl (C=O) groups excluding carboxylic acids is 1. The van der Waals surface area contributed by atoms with Crippen molar-refractivity contribution in [2.45, 2.75) is 26.7 Å². The molecule has 4 aromatic rings. The molecule has 0 spiro atoms. The molecule has 2 heterocycles. The molecule has 30 heavy (non-hydrogen) atoms. The summed E-state index contributed by atoms with van der Waals surface area (Å²) in [6.07, 6.45) is 0.980. The molecule has 6 heteroatoms. The maximum absolute atomic E-state index is 12.4. The molecule has 0 saturated heterocycles. The van der Waals surface area contributed by atoms with E-state index in [1.54, 1.807) is 7.11 Å². The second kappa shape index (κ2) is 8.37. The fraction of sp³-hybridized carbons (Fsp3) is 0.208. The highest BCUT2D eigenvalue weighted by Gasteiger charge is 2.16. The molecule has 152 valence electrons. The van der Waals surface area contributed by atoms with Crippen molar-refractivity contribution < 1.29 is 9.53 Å². The lowest BCUT2D eigenvalue weighted by molar-refractivity contribution is -0.116. The molecule has 0 atom stereocenters. The van der Waals surface area contributed by atoms with E-state index in [0.717, 1.165) is 45.3 Å². The lowest BCUT2D eigenvalue weighted by Crippen LogP contribution is -2.14. The zero-order chi connectivity index (χ0) is 21.1. The summed E-state index contributed by atoms with van der Waals surface area (Å²) in [6.45, 7) is 4.00. The lowest BCUT2D eigenvalue weighted by Gasteiger charge is -2.11. The number of hydrogen-bond acceptors (Lipinski definition) is 4. The Hall–Kier alpha value is -3.67. The van der Waals surface area contributed by atoms with E-state index in [1.807, 2.05) is 79.0 Å². The summed E-state index contributed by atoms with van der Waals surface area (Å²) in [5.41, 5.74) is 6.26. The van der Waals surface area contributed by atoms with Crippen LogP contribution in [0.2, 0.25) is 0 Å². The number of ether oxygens (including phenoxy) is 1.